The van der Waals surface area contributed by atoms with Gasteiger partial charge >= 0.3 is 0 Å². The van der Waals surface area contributed by atoms with E-state index in [1.807, 2.05) is 0 Å². The predicted octanol–water partition coefficient (Wildman–Crippen LogP) is 4.44. The molecule has 4 nitrogen and oxygen atoms in total. The molecule has 0 unspecified atom stereocenters. The molecule has 2 aromatic carbocycles. The summed E-state index contributed by atoms with van der Waals surface area (Å²) in [5.74, 6) is -0.946. The number of benzene rings is 2. The van der Waals surface area contributed by atoms with Crippen LogP contribution in [0.15, 0.2) is 59.2 Å². The predicted molar refractivity (Wildman–Crippen MR) is 95.2 cm³/mol. The van der Waals surface area contributed by atoms with Crippen LogP contribution in [-0.4, -0.2) is 22.5 Å². The molecule has 0 aromatic heterocycles. The van der Waals surface area contributed by atoms with Crippen molar-refractivity contribution < 1.29 is 9.59 Å². The van der Waals surface area contributed by atoms with Gasteiger partial charge in [0, 0.05) is 15.6 Å². The number of nitrogens with zero attached hydrogens (tertiary/aromatic N) is 2. The third-order valence-corrected chi connectivity index (χ3v) is 4.03. The molecule has 0 fully saturated rings. The number of hydrazone groups is 1. The Kier molecular flexibility index (Phi) is 4.51. The molecule has 0 saturated carbocycles. The van der Waals surface area contributed by atoms with Gasteiger partial charge in [-0.1, -0.05) is 35.3 Å². The van der Waals surface area contributed by atoms with Gasteiger partial charge in [0.15, 0.2) is 0 Å². The van der Waals surface area contributed by atoms with Crippen LogP contribution in [0, 0.1) is 0 Å². The van der Waals surface area contributed by atoms with Crippen molar-refractivity contribution in [1.29, 1.82) is 0 Å². The zero-order chi connectivity index (χ0) is 17.3. The van der Waals surface area contributed by atoms with Crippen LogP contribution in [0.25, 0.3) is 6.08 Å². The number of amides is 2. The second-order valence-electron chi connectivity index (χ2n) is 5.22. The first-order chi connectivity index (χ1) is 11.5. The Balaban J connectivity index is 1.88. The van der Waals surface area contributed by atoms with Crippen LogP contribution in [0.4, 0.5) is 0 Å². The highest BCUT2D eigenvalue weighted by Crippen LogP contribution is 2.22. The lowest BCUT2D eigenvalue weighted by molar-refractivity contribution is -0.123. The zero-order valence-electron chi connectivity index (χ0n) is 12.7. The highest BCUT2D eigenvalue weighted by molar-refractivity contribution is 6.32. The number of carbonyl (C=O) groups is 2. The van der Waals surface area contributed by atoms with E-state index in [9.17, 15) is 9.59 Å². The quantitative estimate of drug-likeness (QED) is 0.588. The summed E-state index contributed by atoms with van der Waals surface area (Å²) in [6.45, 7) is 1.69. The van der Waals surface area contributed by atoms with E-state index < -0.39 is 11.8 Å². The van der Waals surface area contributed by atoms with E-state index in [2.05, 4.69) is 5.10 Å². The summed E-state index contributed by atoms with van der Waals surface area (Å²) in [5, 5.41) is 6.09. The van der Waals surface area contributed by atoms with E-state index >= 15 is 0 Å². The lowest BCUT2D eigenvalue weighted by Crippen LogP contribution is -2.29. The fourth-order valence-electron chi connectivity index (χ4n) is 2.26. The van der Waals surface area contributed by atoms with Crippen molar-refractivity contribution in [3.63, 3.8) is 0 Å². The standard InChI is InChI=1S/C18H12Cl2N2O2/c1-11-16(10-12-2-6-14(19)7-3-12)18(24)22(21-11)17(23)13-4-8-15(20)9-5-13/h2-10H,1H3/b16-10+. The van der Waals surface area contributed by atoms with Crippen molar-refractivity contribution in [3.05, 3.63) is 75.3 Å². The minimum atomic E-state index is -0.490. The van der Waals surface area contributed by atoms with Crippen LogP contribution >= 0.6 is 23.2 Å². The van der Waals surface area contributed by atoms with Gasteiger partial charge in [0.25, 0.3) is 11.8 Å². The third-order valence-electron chi connectivity index (χ3n) is 3.53. The molecule has 0 atom stereocenters. The average Bonchev–Trinajstić information content (AvgIpc) is 2.85. The van der Waals surface area contributed by atoms with Crippen molar-refractivity contribution in [2.75, 3.05) is 0 Å². The van der Waals surface area contributed by atoms with E-state index in [0.717, 1.165) is 10.6 Å². The van der Waals surface area contributed by atoms with Crippen LogP contribution in [0.2, 0.25) is 10.0 Å². The lowest BCUT2D eigenvalue weighted by atomic mass is 10.1. The van der Waals surface area contributed by atoms with Crippen molar-refractivity contribution in [3.8, 4) is 0 Å². The number of halogens is 2. The summed E-state index contributed by atoms with van der Waals surface area (Å²) in [6.07, 6.45) is 1.69. The van der Waals surface area contributed by atoms with Crippen molar-refractivity contribution >= 4 is 46.8 Å². The fraction of sp³-hybridized carbons (Fsp3) is 0.0556. The van der Waals surface area contributed by atoms with E-state index in [-0.39, 0.29) is 0 Å². The molecule has 0 radical (unpaired) electrons. The molecule has 3 rings (SSSR count). The zero-order valence-corrected chi connectivity index (χ0v) is 14.2. The van der Waals surface area contributed by atoms with Gasteiger partial charge in [0.2, 0.25) is 0 Å². The first-order valence-electron chi connectivity index (χ1n) is 7.13. The van der Waals surface area contributed by atoms with Gasteiger partial charge in [-0.2, -0.15) is 10.1 Å². The minimum Gasteiger partial charge on any atom is -0.267 e. The maximum absolute atomic E-state index is 12.5. The van der Waals surface area contributed by atoms with Gasteiger partial charge in [0.1, 0.15) is 0 Å². The highest BCUT2D eigenvalue weighted by atomic mass is 35.5. The van der Waals surface area contributed by atoms with Crippen LogP contribution in [0.3, 0.4) is 0 Å². The largest absolute Gasteiger partial charge is 0.283 e. The maximum atomic E-state index is 12.5. The molecular formula is C18H12Cl2N2O2. The van der Waals surface area contributed by atoms with Gasteiger partial charge < -0.3 is 0 Å². The molecule has 0 spiro atoms. The molecule has 0 bridgehead atoms. The van der Waals surface area contributed by atoms with E-state index in [1.54, 1.807) is 61.5 Å². The van der Waals surface area contributed by atoms with E-state index in [0.29, 0.717) is 26.9 Å². The number of imide groups is 1. The van der Waals surface area contributed by atoms with Gasteiger partial charge in [-0.15, -0.1) is 0 Å². The summed E-state index contributed by atoms with van der Waals surface area (Å²) in [7, 11) is 0. The first kappa shape index (κ1) is 16.4. The molecule has 1 aliphatic rings. The van der Waals surface area contributed by atoms with Crippen LogP contribution in [0.5, 0.6) is 0 Å². The Hall–Kier alpha value is -2.43. The first-order valence-corrected chi connectivity index (χ1v) is 7.88. The molecule has 0 N–H and O–H groups in total. The smallest absolute Gasteiger partial charge is 0.267 e. The molecule has 1 heterocycles. The summed E-state index contributed by atoms with van der Waals surface area (Å²) in [6, 6.07) is 13.4. The number of hydrogen-bond acceptors (Lipinski definition) is 3. The SMILES string of the molecule is CC1=NN(C(=O)c2ccc(Cl)cc2)C(=O)/C1=C/c1ccc(Cl)cc1. The van der Waals surface area contributed by atoms with E-state index in [1.165, 1.54) is 0 Å². The molecule has 0 saturated heterocycles. The van der Waals surface area contributed by atoms with Crippen molar-refractivity contribution in [2.45, 2.75) is 6.92 Å². The summed E-state index contributed by atoms with van der Waals surface area (Å²) in [4.78, 5) is 25.0. The maximum Gasteiger partial charge on any atom is 0.283 e. The average molecular weight is 359 g/mol. The van der Waals surface area contributed by atoms with Gasteiger partial charge in [-0.05, 0) is 55.0 Å². The Morgan fingerprint density at radius 3 is 2.12 bits per heavy atom. The Bertz CT molecular complexity index is 869. The van der Waals surface area contributed by atoms with Crippen LogP contribution < -0.4 is 0 Å². The van der Waals surface area contributed by atoms with E-state index in [4.69, 9.17) is 23.2 Å². The van der Waals surface area contributed by atoms with Crippen molar-refractivity contribution in [1.82, 2.24) is 5.01 Å². The molecule has 6 heteroatoms. The minimum absolute atomic E-state index is 0.344. The molecule has 1 aliphatic heterocycles. The molecular weight excluding hydrogens is 347 g/mol. The third kappa shape index (κ3) is 3.25. The number of hydrogen-bond donors (Lipinski definition) is 0. The highest BCUT2D eigenvalue weighted by Gasteiger charge is 2.32. The van der Waals surface area contributed by atoms with Crippen molar-refractivity contribution in [2.24, 2.45) is 5.10 Å². The molecule has 24 heavy (non-hydrogen) atoms. The fourth-order valence-corrected chi connectivity index (χ4v) is 2.51. The summed E-state index contributed by atoms with van der Waals surface area (Å²) in [5.41, 5.74) is 2.01. The topological polar surface area (TPSA) is 49.7 Å². The van der Waals surface area contributed by atoms with Gasteiger partial charge in [-0.25, -0.2) is 0 Å². The molecule has 2 amide bonds. The molecule has 2 aromatic rings. The summed E-state index contributed by atoms with van der Waals surface area (Å²) < 4.78 is 0. The molecule has 0 aliphatic carbocycles. The second-order valence-corrected chi connectivity index (χ2v) is 6.10. The summed E-state index contributed by atoms with van der Waals surface area (Å²) >= 11 is 11.7. The monoisotopic (exact) mass is 358 g/mol. The Morgan fingerprint density at radius 1 is 1.00 bits per heavy atom. The Labute approximate surface area is 149 Å². The lowest BCUT2D eigenvalue weighted by Gasteiger charge is -2.09. The number of rotatable bonds is 2. The molecule has 120 valence electrons. The number of carbonyl (C=O) groups excluding carboxylic acids is 2. The Morgan fingerprint density at radius 2 is 1.54 bits per heavy atom. The normalized spacial score (nSPS) is 15.8. The second kappa shape index (κ2) is 6.59. The van der Waals surface area contributed by atoms with Crippen LogP contribution in [0.1, 0.15) is 22.8 Å². The van der Waals surface area contributed by atoms with Crippen LogP contribution in [-0.2, 0) is 4.79 Å². The van der Waals surface area contributed by atoms with Gasteiger partial charge in [0.05, 0.1) is 11.3 Å². The van der Waals surface area contributed by atoms with Gasteiger partial charge in [-0.3, -0.25) is 9.59 Å².